The lowest BCUT2D eigenvalue weighted by molar-refractivity contribution is -0.163. The number of rotatable bonds is 10. The highest BCUT2D eigenvalue weighted by atomic mass is 32.1. The summed E-state index contributed by atoms with van der Waals surface area (Å²) in [5, 5.41) is 15.8. The number of carbonyl (C=O) groups excluding carboxylic acids is 1. The molecule has 9 nitrogen and oxygen atoms in total. The average molecular weight is 644 g/mol. The predicted octanol–water partition coefficient (Wildman–Crippen LogP) is 4.56. The van der Waals surface area contributed by atoms with E-state index in [1.165, 1.54) is 29.5 Å². The number of hydrogen-bond donors (Lipinski definition) is 2. The van der Waals surface area contributed by atoms with E-state index in [-0.39, 0.29) is 41.9 Å². The second kappa shape index (κ2) is 12.0. The molecule has 45 heavy (non-hydrogen) atoms. The first-order valence-corrected chi connectivity index (χ1v) is 15.9. The van der Waals surface area contributed by atoms with Gasteiger partial charge in [-0.25, -0.2) is 22.9 Å². The number of hydrogen-bond acceptors (Lipinski definition) is 9. The van der Waals surface area contributed by atoms with Gasteiger partial charge in [-0.3, -0.25) is 19.6 Å². The van der Waals surface area contributed by atoms with Gasteiger partial charge in [-0.1, -0.05) is 24.8 Å². The third-order valence-corrected chi connectivity index (χ3v) is 10.3. The number of benzene rings is 1. The Balaban J connectivity index is 1.24. The summed E-state index contributed by atoms with van der Waals surface area (Å²) in [5.41, 5.74) is 0.168. The fourth-order valence-electron chi connectivity index (χ4n) is 7.55. The molecule has 3 atom stereocenters. The Kier molecular flexibility index (Phi) is 8.38. The molecule has 2 unspecified atom stereocenters. The van der Waals surface area contributed by atoms with E-state index in [0.29, 0.717) is 48.8 Å². The Morgan fingerprint density at radius 1 is 1.29 bits per heavy atom. The molecule has 0 bridgehead atoms. The summed E-state index contributed by atoms with van der Waals surface area (Å²) < 4.78 is 51.3. The highest BCUT2D eigenvalue weighted by molar-refractivity contribution is 7.11. The van der Waals surface area contributed by atoms with E-state index in [4.69, 9.17) is 4.74 Å². The van der Waals surface area contributed by atoms with Gasteiger partial charge in [0.2, 0.25) is 0 Å². The quantitative estimate of drug-likeness (QED) is 0.287. The molecule has 4 heterocycles. The molecule has 1 aromatic heterocycles. The molecule has 240 valence electrons. The van der Waals surface area contributed by atoms with Gasteiger partial charge in [0.05, 0.1) is 23.6 Å². The van der Waals surface area contributed by atoms with Crippen LogP contribution in [0.2, 0.25) is 0 Å². The fourth-order valence-corrected chi connectivity index (χ4v) is 8.14. The van der Waals surface area contributed by atoms with Crippen LogP contribution in [0.5, 0.6) is 0 Å². The van der Waals surface area contributed by atoms with Crippen LogP contribution in [0.1, 0.15) is 48.4 Å². The van der Waals surface area contributed by atoms with Gasteiger partial charge in [0.1, 0.15) is 18.5 Å². The standard InChI is InChI=1S/C32H36F3N5O4S/c1-4-11-44-30(43)31(3)13-19(14-31)15-39-10-8-23-26(39)32(34,35)17-40(23)16-22-24(29(41)42)25(20-6-5-7-21(33)18(20)2)38-27(37-22)28-36-9-12-45-28/h4-7,9,12,19,23,25-26H,1,8,10-11,13-17H2,2-3H3,(H,37,38)(H,41,42)/t19?,23?,25-,26?,31?/m0/s1. The van der Waals surface area contributed by atoms with E-state index in [9.17, 15) is 19.1 Å². The number of likely N-dealkylation sites (tertiary alicyclic amines) is 2. The van der Waals surface area contributed by atoms with E-state index < -0.39 is 47.8 Å². The van der Waals surface area contributed by atoms with E-state index in [1.807, 2.05) is 11.8 Å². The number of aromatic nitrogens is 1. The summed E-state index contributed by atoms with van der Waals surface area (Å²) in [6, 6.07) is 1.86. The normalized spacial score (nSPS) is 29.5. The third kappa shape index (κ3) is 5.81. The lowest BCUT2D eigenvalue weighted by Crippen LogP contribution is -2.51. The molecule has 3 aliphatic heterocycles. The molecule has 6 rings (SSSR count). The van der Waals surface area contributed by atoms with Crippen molar-refractivity contribution in [3.05, 3.63) is 75.7 Å². The first kappa shape index (κ1) is 31.4. The number of thiazole rings is 1. The predicted molar refractivity (Wildman–Crippen MR) is 163 cm³/mol. The van der Waals surface area contributed by atoms with Crippen LogP contribution in [0.3, 0.4) is 0 Å². The Morgan fingerprint density at radius 2 is 2.07 bits per heavy atom. The lowest BCUT2D eigenvalue weighted by Gasteiger charge is -2.45. The largest absolute Gasteiger partial charge is 0.478 e. The number of nitrogens with zero attached hydrogens (tertiary/aromatic N) is 4. The van der Waals surface area contributed by atoms with Gasteiger partial charge in [0, 0.05) is 43.0 Å². The molecular weight excluding hydrogens is 607 g/mol. The molecule has 2 aromatic rings. The summed E-state index contributed by atoms with van der Waals surface area (Å²) in [4.78, 5) is 37.7. The molecule has 4 aliphatic rings. The van der Waals surface area contributed by atoms with Crippen molar-refractivity contribution >= 4 is 29.1 Å². The van der Waals surface area contributed by atoms with Gasteiger partial charge in [-0.15, -0.1) is 11.3 Å². The lowest BCUT2D eigenvalue weighted by atomic mass is 9.63. The minimum absolute atomic E-state index is 0.0713. The molecule has 2 saturated heterocycles. The highest BCUT2D eigenvalue weighted by Gasteiger charge is 2.60. The zero-order valence-electron chi connectivity index (χ0n) is 25.1. The molecule has 0 spiro atoms. The maximum atomic E-state index is 15.7. The van der Waals surface area contributed by atoms with E-state index in [2.05, 4.69) is 21.9 Å². The van der Waals surface area contributed by atoms with Gasteiger partial charge >= 0.3 is 11.9 Å². The number of alkyl halides is 2. The maximum absolute atomic E-state index is 15.7. The Morgan fingerprint density at radius 3 is 2.76 bits per heavy atom. The van der Waals surface area contributed by atoms with Crippen LogP contribution in [0.25, 0.3) is 0 Å². The molecule has 1 saturated carbocycles. The molecule has 0 radical (unpaired) electrons. The van der Waals surface area contributed by atoms with Crippen molar-refractivity contribution in [3.63, 3.8) is 0 Å². The van der Waals surface area contributed by atoms with Crippen molar-refractivity contribution in [2.45, 2.75) is 57.2 Å². The number of carbonyl (C=O) groups is 2. The summed E-state index contributed by atoms with van der Waals surface area (Å²) in [7, 11) is 0. The molecule has 0 amide bonds. The number of carboxylic acids is 1. The van der Waals surface area contributed by atoms with Crippen LogP contribution in [-0.4, -0.2) is 88.5 Å². The SMILES string of the molecule is C=CCOC(=O)C1(C)CC(CN2CCC3C2C(F)(F)CN3CC2=C(C(=O)O)[C@H](c3cccc(F)c3C)N=C(c3nccs3)N2)C1. The van der Waals surface area contributed by atoms with Crippen LogP contribution < -0.4 is 5.32 Å². The summed E-state index contributed by atoms with van der Waals surface area (Å²) >= 11 is 1.30. The van der Waals surface area contributed by atoms with Crippen molar-refractivity contribution < 1.29 is 32.6 Å². The van der Waals surface area contributed by atoms with Gasteiger partial charge < -0.3 is 15.2 Å². The molecule has 2 N–H and O–H groups in total. The number of aliphatic carboxylic acids is 1. The number of amidine groups is 1. The second-order valence-corrected chi connectivity index (χ2v) is 13.6. The van der Waals surface area contributed by atoms with Crippen molar-refractivity contribution in [3.8, 4) is 0 Å². The van der Waals surface area contributed by atoms with Crippen LogP contribution in [0.15, 0.2) is 58.7 Å². The number of esters is 1. The van der Waals surface area contributed by atoms with E-state index in [1.54, 1.807) is 29.5 Å². The minimum Gasteiger partial charge on any atom is -0.478 e. The van der Waals surface area contributed by atoms with Crippen molar-refractivity contribution in [1.29, 1.82) is 0 Å². The maximum Gasteiger partial charge on any atom is 0.335 e. The Labute approximate surface area is 263 Å². The van der Waals surface area contributed by atoms with E-state index in [0.717, 1.165) is 0 Å². The van der Waals surface area contributed by atoms with Crippen LogP contribution in [0.4, 0.5) is 13.2 Å². The van der Waals surface area contributed by atoms with Crippen molar-refractivity contribution in [1.82, 2.24) is 20.1 Å². The average Bonchev–Trinajstić information content (AvgIpc) is 3.71. The van der Waals surface area contributed by atoms with E-state index >= 15 is 8.78 Å². The first-order valence-electron chi connectivity index (χ1n) is 15.0. The number of aliphatic imine (C=N–C) groups is 1. The minimum atomic E-state index is -3.03. The first-order chi connectivity index (χ1) is 21.4. The summed E-state index contributed by atoms with van der Waals surface area (Å²) in [6.45, 7) is 7.46. The molecule has 13 heteroatoms. The molecule has 1 aliphatic carbocycles. The molecular formula is C32H36F3N5O4S. The zero-order valence-corrected chi connectivity index (χ0v) is 26.0. The molecule has 3 fully saturated rings. The van der Waals surface area contributed by atoms with Gasteiger partial charge in [-0.2, -0.15) is 0 Å². The van der Waals surface area contributed by atoms with Crippen LogP contribution in [0, 0.1) is 24.1 Å². The van der Waals surface area contributed by atoms with Gasteiger partial charge in [0.15, 0.2) is 10.8 Å². The Hall–Kier alpha value is -3.55. The third-order valence-electron chi connectivity index (χ3n) is 9.54. The van der Waals surface area contributed by atoms with Crippen LogP contribution >= 0.6 is 11.3 Å². The number of halogens is 3. The van der Waals surface area contributed by atoms with Gasteiger partial charge in [-0.05, 0) is 56.2 Å². The van der Waals surface area contributed by atoms with Crippen molar-refractivity contribution in [2.75, 3.05) is 32.8 Å². The van der Waals surface area contributed by atoms with Crippen molar-refractivity contribution in [2.24, 2.45) is 16.3 Å². The van der Waals surface area contributed by atoms with Crippen LogP contribution in [-0.2, 0) is 14.3 Å². The number of carboxylic acid groups (broad SMARTS) is 1. The second-order valence-electron chi connectivity index (χ2n) is 12.7. The number of fused-ring (bicyclic) bond motifs is 1. The smallest absolute Gasteiger partial charge is 0.335 e. The zero-order chi connectivity index (χ0) is 32.1. The molecule has 1 aromatic carbocycles. The summed E-state index contributed by atoms with van der Waals surface area (Å²) in [5.74, 6) is -4.65. The number of ether oxygens (including phenoxy) is 1. The monoisotopic (exact) mass is 643 g/mol. The number of nitrogens with one attached hydrogen (secondary N) is 1. The fraction of sp³-hybridized carbons (Fsp3) is 0.500. The topological polar surface area (TPSA) is 107 Å². The Bertz CT molecular complexity index is 1560. The summed E-state index contributed by atoms with van der Waals surface area (Å²) in [6.07, 6.45) is 4.76. The highest BCUT2D eigenvalue weighted by Crippen LogP contribution is 2.49. The van der Waals surface area contributed by atoms with Gasteiger partial charge in [0.25, 0.3) is 5.92 Å².